The molecule has 4 heteroatoms. The van der Waals surface area contributed by atoms with Crippen LogP contribution in [0.4, 0.5) is 0 Å². The van der Waals surface area contributed by atoms with Crippen LogP contribution in [0.3, 0.4) is 0 Å². The van der Waals surface area contributed by atoms with E-state index in [4.69, 9.17) is 14.6 Å². The van der Waals surface area contributed by atoms with E-state index >= 15 is 0 Å². The van der Waals surface area contributed by atoms with Gasteiger partial charge in [-0.15, -0.1) is 0 Å². The molecule has 0 aliphatic rings. The molecule has 1 aromatic rings. The van der Waals surface area contributed by atoms with Gasteiger partial charge in [0.2, 0.25) is 0 Å². The summed E-state index contributed by atoms with van der Waals surface area (Å²) < 4.78 is 10.7. The molecule has 0 bridgehead atoms. The van der Waals surface area contributed by atoms with Gasteiger partial charge in [-0.25, -0.2) is 0 Å². The second-order valence-electron chi connectivity index (χ2n) is 7.76. The van der Waals surface area contributed by atoms with Crippen LogP contribution in [-0.4, -0.2) is 30.9 Å². The van der Waals surface area contributed by atoms with Crippen LogP contribution in [-0.2, 0) is 27.3 Å². The van der Waals surface area contributed by atoms with Gasteiger partial charge in [-0.05, 0) is 43.7 Å². The van der Waals surface area contributed by atoms with Crippen LogP contribution in [0.2, 0.25) is 0 Å². The summed E-state index contributed by atoms with van der Waals surface area (Å²) in [6.45, 7) is 11.2. The Labute approximate surface area is 139 Å². The van der Waals surface area contributed by atoms with Gasteiger partial charge in [0.25, 0.3) is 0 Å². The molecule has 0 unspecified atom stereocenters. The van der Waals surface area contributed by atoms with E-state index in [1.165, 1.54) is 5.56 Å². The van der Waals surface area contributed by atoms with Gasteiger partial charge in [-0.3, -0.25) is 4.79 Å². The number of aliphatic hydroxyl groups excluding tert-OH is 1. The third-order valence-corrected chi connectivity index (χ3v) is 3.42. The summed E-state index contributed by atoms with van der Waals surface area (Å²) in [5, 5.41) is 8.76. The Balaban J connectivity index is 2.51. The van der Waals surface area contributed by atoms with Crippen molar-refractivity contribution in [2.75, 3.05) is 19.8 Å². The number of aliphatic hydroxyl groups is 1. The van der Waals surface area contributed by atoms with Crippen LogP contribution in [0.5, 0.6) is 0 Å². The van der Waals surface area contributed by atoms with Crippen LogP contribution in [0.25, 0.3) is 0 Å². The normalized spacial score (nSPS) is 12.3. The quantitative estimate of drug-likeness (QED) is 0.589. The fourth-order valence-electron chi connectivity index (χ4n) is 2.14. The molecule has 4 nitrogen and oxygen atoms in total. The molecule has 1 N–H and O–H groups in total. The van der Waals surface area contributed by atoms with Gasteiger partial charge in [-0.2, -0.15) is 0 Å². The fraction of sp³-hybridized carbons (Fsp3) is 0.632. The number of carbonyl (C=O) groups excluding carboxylic acids is 1. The number of esters is 1. The van der Waals surface area contributed by atoms with E-state index in [0.29, 0.717) is 19.8 Å². The zero-order valence-corrected chi connectivity index (χ0v) is 15.0. The Morgan fingerprint density at radius 1 is 1.04 bits per heavy atom. The van der Waals surface area contributed by atoms with Gasteiger partial charge in [0, 0.05) is 0 Å². The highest BCUT2D eigenvalue weighted by Gasteiger charge is 2.23. The van der Waals surface area contributed by atoms with Gasteiger partial charge in [0.1, 0.15) is 6.61 Å². The Hall–Kier alpha value is -1.39. The molecule has 0 amide bonds. The number of hydrogen-bond donors (Lipinski definition) is 1. The summed E-state index contributed by atoms with van der Waals surface area (Å²) in [5.74, 6) is -0.191. The molecule has 0 aromatic heterocycles. The Bertz CT molecular complexity index is 483. The average molecular weight is 322 g/mol. The maximum Gasteiger partial charge on any atom is 0.311 e. The van der Waals surface area contributed by atoms with E-state index < -0.39 is 5.41 Å². The number of ether oxygens (including phenoxy) is 2. The zero-order valence-electron chi connectivity index (χ0n) is 15.0. The summed E-state index contributed by atoms with van der Waals surface area (Å²) in [4.78, 5) is 11.8. The minimum atomic E-state index is -0.474. The minimum Gasteiger partial charge on any atom is -0.460 e. The Kier molecular flexibility index (Phi) is 7.23. The fourth-order valence-corrected chi connectivity index (χ4v) is 2.14. The molecule has 0 atom stereocenters. The topological polar surface area (TPSA) is 55.8 Å². The lowest BCUT2D eigenvalue weighted by atomic mass is 9.86. The van der Waals surface area contributed by atoms with Crippen molar-refractivity contribution in [3.05, 3.63) is 35.4 Å². The van der Waals surface area contributed by atoms with Crippen molar-refractivity contribution in [2.24, 2.45) is 10.8 Å². The molecule has 1 aromatic carbocycles. The highest BCUT2D eigenvalue weighted by atomic mass is 16.5. The minimum absolute atomic E-state index is 0.00931. The van der Waals surface area contributed by atoms with Crippen molar-refractivity contribution < 1.29 is 19.4 Å². The number of carbonyl (C=O) groups is 1. The van der Waals surface area contributed by atoms with Gasteiger partial charge < -0.3 is 14.6 Å². The van der Waals surface area contributed by atoms with E-state index in [2.05, 4.69) is 26.0 Å². The first-order valence-corrected chi connectivity index (χ1v) is 8.08. The van der Waals surface area contributed by atoms with Gasteiger partial charge in [0.15, 0.2) is 0 Å². The molecular formula is C19H30O4. The van der Waals surface area contributed by atoms with Crippen molar-refractivity contribution in [2.45, 2.75) is 47.6 Å². The van der Waals surface area contributed by atoms with Crippen molar-refractivity contribution in [3.8, 4) is 0 Å². The number of hydrogen-bond acceptors (Lipinski definition) is 4. The lowest BCUT2D eigenvalue weighted by Gasteiger charge is -2.24. The first-order chi connectivity index (χ1) is 10.6. The third kappa shape index (κ3) is 7.62. The maximum atomic E-state index is 11.8. The molecular weight excluding hydrogens is 292 g/mol. The molecule has 0 aliphatic carbocycles. The van der Waals surface area contributed by atoms with Crippen molar-refractivity contribution in [3.63, 3.8) is 0 Å². The van der Waals surface area contributed by atoms with Crippen molar-refractivity contribution >= 4 is 5.97 Å². The molecule has 1 rings (SSSR count). The third-order valence-electron chi connectivity index (χ3n) is 3.42. The summed E-state index contributed by atoms with van der Waals surface area (Å²) >= 11 is 0. The molecule has 0 saturated heterocycles. The predicted molar refractivity (Wildman–Crippen MR) is 91.1 cm³/mol. The summed E-state index contributed by atoms with van der Waals surface area (Å²) in [5.41, 5.74) is 1.74. The SMILES string of the molecule is CC(C)(COCCO)Cc1ccc(COC(=O)C(C)(C)C)cc1. The smallest absolute Gasteiger partial charge is 0.311 e. The molecule has 23 heavy (non-hydrogen) atoms. The molecule has 0 fully saturated rings. The summed E-state index contributed by atoms with van der Waals surface area (Å²) in [6, 6.07) is 8.12. The van der Waals surface area contributed by atoms with Crippen LogP contribution in [0, 0.1) is 10.8 Å². The van der Waals surface area contributed by atoms with E-state index in [1.807, 2.05) is 32.9 Å². The van der Waals surface area contributed by atoms with Crippen LogP contribution >= 0.6 is 0 Å². The summed E-state index contributed by atoms with van der Waals surface area (Å²) in [6.07, 6.45) is 0.889. The maximum absolute atomic E-state index is 11.8. The molecule has 0 spiro atoms. The predicted octanol–water partition coefficient (Wildman–Crippen LogP) is 3.35. The van der Waals surface area contributed by atoms with Gasteiger partial charge in [-0.1, -0.05) is 38.1 Å². The lowest BCUT2D eigenvalue weighted by molar-refractivity contribution is -0.154. The second-order valence-corrected chi connectivity index (χ2v) is 7.76. The van der Waals surface area contributed by atoms with Crippen molar-refractivity contribution in [1.82, 2.24) is 0 Å². The van der Waals surface area contributed by atoms with Crippen LogP contribution < -0.4 is 0 Å². The highest BCUT2D eigenvalue weighted by molar-refractivity contribution is 5.75. The highest BCUT2D eigenvalue weighted by Crippen LogP contribution is 2.23. The average Bonchev–Trinajstić information content (AvgIpc) is 2.45. The van der Waals surface area contributed by atoms with E-state index in [0.717, 1.165) is 12.0 Å². The zero-order chi connectivity index (χ0) is 17.5. The largest absolute Gasteiger partial charge is 0.460 e. The van der Waals surface area contributed by atoms with E-state index in [-0.39, 0.29) is 18.0 Å². The van der Waals surface area contributed by atoms with Crippen LogP contribution in [0.15, 0.2) is 24.3 Å². The van der Waals surface area contributed by atoms with E-state index in [1.54, 1.807) is 0 Å². The Morgan fingerprint density at radius 2 is 1.61 bits per heavy atom. The van der Waals surface area contributed by atoms with Gasteiger partial charge in [0.05, 0.1) is 25.2 Å². The van der Waals surface area contributed by atoms with Crippen LogP contribution in [0.1, 0.15) is 45.7 Å². The lowest BCUT2D eigenvalue weighted by Crippen LogP contribution is -2.23. The molecule has 0 aliphatic heterocycles. The standard InChI is InChI=1S/C19H30O4/c1-18(2,3)17(21)23-13-16-8-6-15(7-9-16)12-19(4,5)14-22-11-10-20/h6-9,20H,10-14H2,1-5H3. The summed E-state index contributed by atoms with van der Waals surface area (Å²) in [7, 11) is 0. The number of rotatable bonds is 8. The van der Waals surface area contributed by atoms with Gasteiger partial charge >= 0.3 is 5.97 Å². The first-order valence-electron chi connectivity index (χ1n) is 8.08. The monoisotopic (exact) mass is 322 g/mol. The molecule has 0 heterocycles. The van der Waals surface area contributed by atoms with E-state index in [9.17, 15) is 4.79 Å². The van der Waals surface area contributed by atoms with Crippen molar-refractivity contribution in [1.29, 1.82) is 0 Å². The number of benzene rings is 1. The molecule has 0 saturated carbocycles. The molecule has 130 valence electrons. The first kappa shape index (κ1) is 19.7. The Morgan fingerprint density at radius 3 is 2.13 bits per heavy atom. The second kappa shape index (κ2) is 8.46. The molecule has 0 radical (unpaired) electrons.